The van der Waals surface area contributed by atoms with E-state index in [1.54, 1.807) is 6.07 Å². The van der Waals surface area contributed by atoms with Crippen molar-refractivity contribution in [2.45, 2.75) is 13.5 Å². The quantitative estimate of drug-likeness (QED) is 0.646. The van der Waals surface area contributed by atoms with Gasteiger partial charge >= 0.3 is 5.97 Å². The van der Waals surface area contributed by atoms with Gasteiger partial charge in [-0.3, -0.25) is 0 Å². The predicted molar refractivity (Wildman–Crippen MR) is 88.4 cm³/mol. The summed E-state index contributed by atoms with van der Waals surface area (Å²) in [5.74, 6) is 0.808. The summed E-state index contributed by atoms with van der Waals surface area (Å²) in [6.45, 7) is 1.89. The first-order valence-corrected chi connectivity index (χ1v) is 7.57. The molecule has 0 aliphatic rings. The van der Waals surface area contributed by atoms with Crippen molar-refractivity contribution < 1.29 is 18.8 Å². The summed E-state index contributed by atoms with van der Waals surface area (Å²) in [5, 5.41) is 3.90. The van der Waals surface area contributed by atoms with Crippen molar-refractivity contribution >= 4 is 5.97 Å². The number of carbonyl (C=O) groups is 1. The number of nitrogens with zero attached hydrogens (tertiary/aromatic N) is 1. The second-order valence-electron chi connectivity index (χ2n) is 5.31. The third-order valence-corrected chi connectivity index (χ3v) is 3.38. The number of ether oxygens (including phenoxy) is 2. The molecule has 0 fully saturated rings. The van der Waals surface area contributed by atoms with Gasteiger partial charge in [0.2, 0.25) is 0 Å². The Morgan fingerprint density at radius 1 is 1.08 bits per heavy atom. The van der Waals surface area contributed by atoms with Gasteiger partial charge in [0.05, 0.1) is 0 Å². The molecule has 122 valence electrons. The Kier molecular flexibility index (Phi) is 4.91. The zero-order chi connectivity index (χ0) is 16.8. The second-order valence-corrected chi connectivity index (χ2v) is 5.31. The molecule has 3 rings (SSSR count). The second kappa shape index (κ2) is 7.46. The lowest BCUT2D eigenvalue weighted by Crippen LogP contribution is -2.14. The number of hydrogen-bond acceptors (Lipinski definition) is 5. The number of carbonyl (C=O) groups excluding carboxylic acids is 1. The van der Waals surface area contributed by atoms with Gasteiger partial charge in [0.1, 0.15) is 18.1 Å². The van der Waals surface area contributed by atoms with Crippen LogP contribution in [-0.4, -0.2) is 17.7 Å². The molecule has 0 N–H and O–H groups in total. The molecular formula is C19H17NO4. The van der Waals surface area contributed by atoms with Crippen LogP contribution in [0.2, 0.25) is 0 Å². The maximum absolute atomic E-state index is 11.7. The van der Waals surface area contributed by atoms with Gasteiger partial charge in [0.15, 0.2) is 12.4 Å². The van der Waals surface area contributed by atoms with Crippen LogP contribution < -0.4 is 4.74 Å². The molecule has 0 aliphatic heterocycles. The largest absolute Gasteiger partial charge is 0.482 e. The highest BCUT2D eigenvalue weighted by Gasteiger charge is 2.10. The minimum absolute atomic E-state index is 0.0480. The van der Waals surface area contributed by atoms with Gasteiger partial charge in [-0.05, 0) is 19.1 Å². The van der Waals surface area contributed by atoms with E-state index in [9.17, 15) is 4.79 Å². The highest BCUT2D eigenvalue weighted by molar-refractivity contribution is 5.71. The molecular weight excluding hydrogens is 306 g/mol. The Hall–Kier alpha value is -3.08. The van der Waals surface area contributed by atoms with Gasteiger partial charge in [-0.25, -0.2) is 4.79 Å². The zero-order valence-corrected chi connectivity index (χ0v) is 13.3. The fourth-order valence-corrected chi connectivity index (χ4v) is 2.09. The maximum Gasteiger partial charge on any atom is 0.344 e. The van der Waals surface area contributed by atoms with Crippen LogP contribution in [0.3, 0.4) is 0 Å². The van der Waals surface area contributed by atoms with Gasteiger partial charge in [-0.1, -0.05) is 53.2 Å². The van der Waals surface area contributed by atoms with Gasteiger partial charge in [0, 0.05) is 11.6 Å². The topological polar surface area (TPSA) is 61.6 Å². The van der Waals surface area contributed by atoms with Crippen molar-refractivity contribution in [2.75, 3.05) is 6.61 Å². The summed E-state index contributed by atoms with van der Waals surface area (Å²) >= 11 is 0. The van der Waals surface area contributed by atoms with Crippen molar-refractivity contribution in [1.82, 2.24) is 5.16 Å². The molecule has 0 bridgehead atoms. The van der Waals surface area contributed by atoms with Crippen molar-refractivity contribution in [3.05, 3.63) is 71.9 Å². The minimum Gasteiger partial charge on any atom is -0.482 e. The summed E-state index contributed by atoms with van der Waals surface area (Å²) in [6, 6.07) is 18.8. The maximum atomic E-state index is 11.7. The van der Waals surface area contributed by atoms with Gasteiger partial charge in [-0.2, -0.15) is 0 Å². The summed E-state index contributed by atoms with van der Waals surface area (Å²) in [5.41, 5.74) is 2.60. The molecule has 0 radical (unpaired) electrons. The summed E-state index contributed by atoms with van der Waals surface area (Å²) < 4.78 is 15.8. The van der Waals surface area contributed by atoms with Crippen LogP contribution in [0.1, 0.15) is 11.3 Å². The third kappa shape index (κ3) is 4.23. The molecule has 0 aliphatic carbocycles. The van der Waals surface area contributed by atoms with E-state index in [0.717, 1.165) is 11.1 Å². The zero-order valence-electron chi connectivity index (χ0n) is 13.3. The molecule has 0 unspecified atom stereocenters. The Morgan fingerprint density at radius 2 is 1.83 bits per heavy atom. The Labute approximate surface area is 139 Å². The van der Waals surface area contributed by atoms with E-state index in [0.29, 0.717) is 17.2 Å². The molecule has 24 heavy (non-hydrogen) atoms. The highest BCUT2D eigenvalue weighted by atomic mass is 16.6. The van der Waals surface area contributed by atoms with Crippen LogP contribution in [-0.2, 0) is 16.1 Å². The normalized spacial score (nSPS) is 10.4. The lowest BCUT2D eigenvalue weighted by atomic mass is 10.2. The average Bonchev–Trinajstić information content (AvgIpc) is 3.09. The van der Waals surface area contributed by atoms with Crippen molar-refractivity contribution in [2.24, 2.45) is 0 Å². The summed E-state index contributed by atoms with van der Waals surface area (Å²) in [6.07, 6.45) is 0. The fourth-order valence-electron chi connectivity index (χ4n) is 2.09. The molecule has 0 amide bonds. The van der Waals surface area contributed by atoms with Crippen molar-refractivity contribution in [3.63, 3.8) is 0 Å². The van der Waals surface area contributed by atoms with Gasteiger partial charge < -0.3 is 14.0 Å². The summed E-state index contributed by atoms with van der Waals surface area (Å²) in [7, 11) is 0. The number of benzene rings is 2. The molecule has 3 aromatic rings. The first-order chi connectivity index (χ1) is 11.7. The van der Waals surface area contributed by atoms with Crippen LogP contribution in [0.4, 0.5) is 0 Å². The molecule has 5 heteroatoms. The number of hydrogen-bond donors (Lipinski definition) is 0. The molecule has 1 aromatic heterocycles. The lowest BCUT2D eigenvalue weighted by Gasteiger charge is -2.06. The van der Waals surface area contributed by atoms with E-state index < -0.39 is 5.97 Å². The lowest BCUT2D eigenvalue weighted by molar-refractivity contribution is -0.147. The van der Waals surface area contributed by atoms with Crippen molar-refractivity contribution in [1.29, 1.82) is 0 Å². The molecule has 0 atom stereocenters. The first kappa shape index (κ1) is 15.8. The third-order valence-electron chi connectivity index (χ3n) is 3.38. The molecule has 2 aromatic carbocycles. The Bertz CT molecular complexity index is 794. The van der Waals surface area contributed by atoms with E-state index in [2.05, 4.69) is 5.16 Å². The van der Waals surface area contributed by atoms with E-state index in [4.69, 9.17) is 14.0 Å². The van der Waals surface area contributed by atoms with E-state index in [1.807, 2.05) is 61.5 Å². The van der Waals surface area contributed by atoms with E-state index in [1.165, 1.54) is 0 Å². The number of rotatable bonds is 6. The van der Waals surface area contributed by atoms with Crippen LogP contribution >= 0.6 is 0 Å². The smallest absolute Gasteiger partial charge is 0.344 e. The monoisotopic (exact) mass is 323 g/mol. The number of aromatic nitrogens is 1. The van der Waals surface area contributed by atoms with Gasteiger partial charge in [-0.15, -0.1) is 0 Å². The SMILES string of the molecule is Cc1ccc(OCC(=O)OCc2cc(-c3ccccc3)on2)cc1. The van der Waals surface area contributed by atoms with Gasteiger partial charge in [0.25, 0.3) is 0 Å². The highest BCUT2D eigenvalue weighted by Crippen LogP contribution is 2.20. The number of esters is 1. The van der Waals surface area contributed by atoms with Crippen LogP contribution in [0, 0.1) is 6.92 Å². The van der Waals surface area contributed by atoms with E-state index >= 15 is 0 Å². The Morgan fingerprint density at radius 3 is 2.58 bits per heavy atom. The fraction of sp³-hybridized carbons (Fsp3) is 0.158. The molecule has 5 nitrogen and oxygen atoms in total. The minimum atomic E-state index is -0.458. The van der Waals surface area contributed by atoms with Crippen molar-refractivity contribution in [3.8, 4) is 17.1 Å². The van der Waals surface area contributed by atoms with E-state index in [-0.39, 0.29) is 13.2 Å². The first-order valence-electron chi connectivity index (χ1n) is 7.57. The average molecular weight is 323 g/mol. The van der Waals surface area contributed by atoms with Crippen LogP contribution in [0.25, 0.3) is 11.3 Å². The molecule has 0 saturated carbocycles. The number of aryl methyl sites for hydroxylation is 1. The molecule has 0 spiro atoms. The van der Waals surface area contributed by atoms with Crippen LogP contribution in [0.5, 0.6) is 5.75 Å². The van der Waals surface area contributed by atoms with Crippen LogP contribution in [0.15, 0.2) is 65.2 Å². The summed E-state index contributed by atoms with van der Waals surface area (Å²) in [4.78, 5) is 11.7. The molecule has 0 saturated heterocycles. The standard InChI is InChI=1S/C19H17NO4/c1-14-7-9-17(10-8-14)22-13-19(21)23-12-16-11-18(24-20-16)15-5-3-2-4-6-15/h2-11H,12-13H2,1H3. The molecule has 1 heterocycles. The predicted octanol–water partition coefficient (Wildman–Crippen LogP) is 3.77. The Balaban J connectivity index is 1.48.